The Kier molecular flexibility index (Phi) is 7.26. The zero-order valence-corrected chi connectivity index (χ0v) is 22.2. The average Bonchev–Trinajstić information content (AvgIpc) is 3.38. The van der Waals surface area contributed by atoms with E-state index in [4.69, 9.17) is 13.9 Å². The molecule has 0 saturated heterocycles. The van der Waals surface area contributed by atoms with Crippen molar-refractivity contribution in [2.75, 3.05) is 11.9 Å². The van der Waals surface area contributed by atoms with Crippen LogP contribution in [-0.4, -0.2) is 50.3 Å². The summed E-state index contributed by atoms with van der Waals surface area (Å²) in [4.78, 5) is 33.0. The van der Waals surface area contributed by atoms with Crippen LogP contribution in [0.5, 0.6) is 0 Å². The van der Waals surface area contributed by atoms with Crippen molar-refractivity contribution in [2.45, 2.75) is 58.2 Å². The van der Waals surface area contributed by atoms with Crippen LogP contribution >= 0.6 is 30.3 Å². The first kappa shape index (κ1) is 24.6. The fraction of sp³-hybridized carbons (Fsp3) is 0.455. The summed E-state index contributed by atoms with van der Waals surface area (Å²) in [5.41, 5.74) is 1.82. The second kappa shape index (κ2) is 10.0. The van der Waals surface area contributed by atoms with Gasteiger partial charge in [0.15, 0.2) is 11.3 Å². The highest BCUT2D eigenvalue weighted by Crippen LogP contribution is 2.38. The third-order valence-corrected chi connectivity index (χ3v) is 6.90. The Morgan fingerprint density at radius 1 is 1.32 bits per heavy atom. The number of esters is 1. The molecular formula is C22H26IN5O5S. The fourth-order valence-corrected chi connectivity index (χ4v) is 4.94. The van der Waals surface area contributed by atoms with Gasteiger partial charge < -0.3 is 24.5 Å². The number of halogens is 1. The number of alkyl carbamates (subject to hydrolysis) is 1. The van der Waals surface area contributed by atoms with Crippen molar-refractivity contribution in [2.24, 2.45) is 0 Å². The van der Waals surface area contributed by atoms with Gasteiger partial charge in [0.1, 0.15) is 11.9 Å². The average molecular weight is 599 g/mol. The molecule has 12 heteroatoms. The van der Waals surface area contributed by atoms with Gasteiger partial charge in [0.25, 0.3) is 0 Å². The van der Waals surface area contributed by atoms with Crippen LogP contribution in [0, 0.1) is 0 Å². The standard InChI is InChI=1S/C22H26IN5O5S/c1-5-31-20(29)16-11-32-19(27-16)15-10-24-18-14(6-7-28(18)34-23)17(15)25-12-8-13(9-12)26-21(30)33-22(2,3)4/h6-7,10-13H,5,8-9H2,1-4H3,(H,24,25)(H,26,30). The molecule has 1 fully saturated rings. The lowest BCUT2D eigenvalue weighted by Gasteiger charge is -2.37. The Bertz CT molecular complexity index is 1200. The second-order valence-electron chi connectivity index (χ2n) is 8.91. The zero-order valence-electron chi connectivity index (χ0n) is 19.3. The summed E-state index contributed by atoms with van der Waals surface area (Å²) in [6.07, 6.45) is 5.98. The molecule has 1 amide bonds. The minimum atomic E-state index is -0.538. The Hall–Kier alpha value is -2.48. The van der Waals surface area contributed by atoms with Gasteiger partial charge in [0.05, 0.1) is 17.9 Å². The number of rotatable bonds is 7. The molecule has 34 heavy (non-hydrogen) atoms. The zero-order chi connectivity index (χ0) is 24.5. The third kappa shape index (κ3) is 5.43. The topological polar surface area (TPSA) is 121 Å². The Morgan fingerprint density at radius 2 is 2.09 bits per heavy atom. The maximum absolute atomic E-state index is 12.1. The van der Waals surface area contributed by atoms with E-state index in [9.17, 15) is 9.59 Å². The normalized spacial score (nSPS) is 17.8. The fourth-order valence-electron chi connectivity index (χ4n) is 3.66. The molecule has 4 rings (SSSR count). The van der Waals surface area contributed by atoms with Crippen LogP contribution in [0.2, 0.25) is 0 Å². The first-order chi connectivity index (χ1) is 16.2. The van der Waals surface area contributed by atoms with E-state index in [1.807, 2.05) is 37.0 Å². The van der Waals surface area contributed by atoms with E-state index in [1.165, 1.54) is 15.4 Å². The van der Waals surface area contributed by atoms with Gasteiger partial charge in [-0.1, -0.05) is 0 Å². The number of nitrogens with one attached hydrogen (secondary N) is 2. The smallest absolute Gasteiger partial charge is 0.407 e. The van der Waals surface area contributed by atoms with E-state index < -0.39 is 17.7 Å². The molecule has 182 valence electrons. The highest BCUT2D eigenvalue weighted by molar-refractivity contribution is 14.2. The lowest BCUT2D eigenvalue weighted by atomic mass is 9.86. The Labute approximate surface area is 213 Å². The van der Waals surface area contributed by atoms with Gasteiger partial charge in [-0.15, -0.1) is 0 Å². The maximum Gasteiger partial charge on any atom is 0.407 e. The number of carbonyl (C=O) groups excluding carboxylic acids is 2. The molecule has 0 aromatic carbocycles. The largest absolute Gasteiger partial charge is 0.461 e. The van der Waals surface area contributed by atoms with E-state index in [2.05, 4.69) is 41.8 Å². The number of amides is 1. The van der Waals surface area contributed by atoms with Crippen LogP contribution in [0.1, 0.15) is 51.0 Å². The maximum atomic E-state index is 12.1. The molecule has 3 aromatic heterocycles. The lowest BCUT2D eigenvalue weighted by Crippen LogP contribution is -2.50. The quantitative estimate of drug-likeness (QED) is 0.280. The molecule has 3 aromatic rings. The van der Waals surface area contributed by atoms with E-state index in [0.717, 1.165) is 29.6 Å². The van der Waals surface area contributed by atoms with Gasteiger partial charge in [-0.25, -0.2) is 19.6 Å². The van der Waals surface area contributed by atoms with Crippen molar-refractivity contribution in [1.82, 2.24) is 19.3 Å². The van der Waals surface area contributed by atoms with Gasteiger partial charge in [0, 0.05) is 60.2 Å². The predicted octanol–water partition coefficient (Wildman–Crippen LogP) is 5.18. The highest BCUT2D eigenvalue weighted by Gasteiger charge is 2.33. The van der Waals surface area contributed by atoms with E-state index >= 15 is 0 Å². The summed E-state index contributed by atoms with van der Waals surface area (Å²) in [7, 11) is 1.51. The van der Waals surface area contributed by atoms with Gasteiger partial charge in [0.2, 0.25) is 5.89 Å². The van der Waals surface area contributed by atoms with Crippen molar-refractivity contribution >= 4 is 59.1 Å². The monoisotopic (exact) mass is 599 g/mol. The molecule has 1 aliphatic rings. The summed E-state index contributed by atoms with van der Waals surface area (Å²) in [6, 6.07) is 2.13. The number of fused-ring (bicyclic) bond motifs is 1. The predicted molar refractivity (Wildman–Crippen MR) is 138 cm³/mol. The number of aromatic nitrogens is 3. The molecular weight excluding hydrogens is 573 g/mol. The minimum absolute atomic E-state index is 0.0276. The number of oxazole rings is 1. The number of ether oxygens (including phenoxy) is 2. The number of anilines is 1. The highest BCUT2D eigenvalue weighted by atomic mass is 127. The van der Waals surface area contributed by atoms with Gasteiger partial charge in [-0.05, 0) is 46.6 Å². The molecule has 3 heterocycles. The van der Waals surface area contributed by atoms with Gasteiger partial charge >= 0.3 is 12.1 Å². The van der Waals surface area contributed by atoms with Crippen LogP contribution in [0.15, 0.2) is 29.1 Å². The summed E-state index contributed by atoms with van der Waals surface area (Å²) < 4.78 is 17.9. The lowest BCUT2D eigenvalue weighted by molar-refractivity contribution is 0.0473. The van der Waals surface area contributed by atoms with Gasteiger partial charge in [-0.3, -0.25) is 3.97 Å². The van der Waals surface area contributed by atoms with Crippen LogP contribution < -0.4 is 10.6 Å². The van der Waals surface area contributed by atoms with Crippen molar-refractivity contribution < 1.29 is 23.5 Å². The van der Waals surface area contributed by atoms with E-state index in [-0.39, 0.29) is 30.3 Å². The van der Waals surface area contributed by atoms with Crippen LogP contribution in [0.3, 0.4) is 0 Å². The molecule has 2 N–H and O–H groups in total. The molecule has 1 saturated carbocycles. The number of pyridine rings is 1. The van der Waals surface area contributed by atoms with E-state index in [0.29, 0.717) is 5.56 Å². The Balaban J connectivity index is 1.55. The first-order valence-corrected chi connectivity index (χ1v) is 14.2. The molecule has 0 radical (unpaired) electrons. The van der Waals surface area contributed by atoms with Crippen LogP contribution in [-0.2, 0) is 9.47 Å². The summed E-state index contributed by atoms with van der Waals surface area (Å²) in [5, 5.41) is 7.38. The number of hydrogen-bond donors (Lipinski definition) is 2. The number of carbonyl (C=O) groups is 2. The molecule has 0 atom stereocenters. The second-order valence-corrected chi connectivity index (χ2v) is 10.6. The minimum Gasteiger partial charge on any atom is -0.461 e. The van der Waals surface area contributed by atoms with Crippen molar-refractivity contribution in [3.8, 4) is 11.5 Å². The third-order valence-electron chi connectivity index (χ3n) is 5.18. The van der Waals surface area contributed by atoms with Crippen LogP contribution in [0.25, 0.3) is 22.5 Å². The molecule has 0 bridgehead atoms. The Morgan fingerprint density at radius 3 is 2.76 bits per heavy atom. The first-order valence-electron chi connectivity index (χ1n) is 10.9. The van der Waals surface area contributed by atoms with Crippen LogP contribution in [0.4, 0.5) is 10.5 Å². The molecule has 0 spiro atoms. The number of hydrogen-bond acceptors (Lipinski definition) is 9. The summed E-state index contributed by atoms with van der Waals surface area (Å²) >= 11 is 2.20. The summed E-state index contributed by atoms with van der Waals surface area (Å²) in [6.45, 7) is 7.50. The van der Waals surface area contributed by atoms with Gasteiger partial charge in [-0.2, -0.15) is 0 Å². The van der Waals surface area contributed by atoms with Crippen molar-refractivity contribution in [1.29, 1.82) is 0 Å². The van der Waals surface area contributed by atoms with Crippen molar-refractivity contribution in [3.05, 3.63) is 30.4 Å². The number of nitrogens with zero attached hydrogens (tertiary/aromatic N) is 3. The molecule has 0 unspecified atom stereocenters. The molecule has 1 aliphatic carbocycles. The van der Waals surface area contributed by atoms with E-state index in [1.54, 1.807) is 13.1 Å². The van der Waals surface area contributed by atoms with Crippen molar-refractivity contribution in [3.63, 3.8) is 0 Å². The molecule has 10 nitrogen and oxygen atoms in total. The summed E-state index contributed by atoms with van der Waals surface area (Å²) in [5.74, 6) is -0.263. The SMILES string of the molecule is CCOC(=O)c1coc(-c2cnc3c(ccn3SI)c2NC2CC(NC(=O)OC(C)(C)C)C2)n1. The molecule has 0 aliphatic heterocycles.